The number of methoxy groups -OCH3 is 1. The Hall–Kier alpha value is -3.36. The van der Waals surface area contributed by atoms with Crippen molar-refractivity contribution in [1.82, 2.24) is 14.9 Å². The Balaban J connectivity index is 1.55. The number of aryl methyl sites for hydroxylation is 1. The summed E-state index contributed by atoms with van der Waals surface area (Å²) in [6, 6.07) is 17.5. The van der Waals surface area contributed by atoms with Crippen LogP contribution in [0.25, 0.3) is 20.7 Å². The third-order valence-electron chi connectivity index (χ3n) is 5.34. The molecule has 8 heteroatoms. The predicted molar refractivity (Wildman–Crippen MR) is 140 cm³/mol. The predicted octanol–water partition coefficient (Wildman–Crippen LogP) is 5.04. The molecule has 0 aliphatic rings. The van der Waals surface area contributed by atoms with Crippen molar-refractivity contribution in [2.45, 2.75) is 25.2 Å². The fourth-order valence-electron chi connectivity index (χ4n) is 3.59. The lowest BCUT2D eigenvalue weighted by molar-refractivity contribution is -0.118. The maximum absolute atomic E-state index is 13.4. The Labute approximate surface area is 206 Å². The molecule has 1 amide bonds. The average Bonchev–Trinajstić information content (AvgIpc) is 3.20. The van der Waals surface area contributed by atoms with E-state index in [0.717, 1.165) is 27.3 Å². The summed E-state index contributed by atoms with van der Waals surface area (Å²) in [4.78, 5) is 32.3. The van der Waals surface area contributed by atoms with E-state index in [9.17, 15) is 9.59 Å². The second kappa shape index (κ2) is 10.7. The molecule has 0 saturated carbocycles. The van der Waals surface area contributed by atoms with Crippen molar-refractivity contribution in [1.29, 1.82) is 0 Å². The quantitative estimate of drug-likeness (QED) is 0.202. The summed E-state index contributed by atoms with van der Waals surface area (Å²) < 4.78 is 6.74. The standard InChI is InChI=1S/C26H25N3O3S2/c1-4-14-29-25(31)22-17(2)23(19-8-6-5-7-9-19)34-24(22)28-26(29)33-16-21(30)27-15-18-10-12-20(32-3)13-11-18/h4-13H,1,14-16H2,2-3H3,(H,27,30). The van der Waals surface area contributed by atoms with E-state index in [4.69, 9.17) is 9.72 Å². The van der Waals surface area contributed by atoms with Crippen LogP contribution in [0.4, 0.5) is 0 Å². The summed E-state index contributed by atoms with van der Waals surface area (Å²) in [6.45, 7) is 6.49. The molecule has 4 rings (SSSR count). The fourth-order valence-corrected chi connectivity index (χ4v) is 5.65. The van der Waals surface area contributed by atoms with E-state index in [1.54, 1.807) is 17.8 Å². The van der Waals surface area contributed by atoms with Gasteiger partial charge >= 0.3 is 0 Å². The number of thioether (sulfide) groups is 1. The summed E-state index contributed by atoms with van der Waals surface area (Å²) in [5.41, 5.74) is 2.85. The molecule has 34 heavy (non-hydrogen) atoms. The highest BCUT2D eigenvalue weighted by atomic mass is 32.2. The summed E-state index contributed by atoms with van der Waals surface area (Å²) in [6.07, 6.45) is 1.67. The molecule has 4 aromatic rings. The van der Waals surface area contributed by atoms with Gasteiger partial charge in [-0.3, -0.25) is 14.2 Å². The minimum absolute atomic E-state index is 0.109. The lowest BCUT2D eigenvalue weighted by Crippen LogP contribution is -2.26. The second-order valence-corrected chi connectivity index (χ2v) is 9.56. The lowest BCUT2D eigenvalue weighted by atomic mass is 10.1. The number of hydrogen-bond donors (Lipinski definition) is 1. The van der Waals surface area contributed by atoms with Gasteiger partial charge in [-0.2, -0.15) is 0 Å². The Kier molecular flexibility index (Phi) is 7.49. The number of thiophene rings is 1. The summed E-state index contributed by atoms with van der Waals surface area (Å²) in [7, 11) is 1.62. The molecule has 6 nitrogen and oxygen atoms in total. The normalized spacial score (nSPS) is 10.9. The molecule has 0 bridgehead atoms. The number of rotatable bonds is 9. The van der Waals surface area contributed by atoms with Gasteiger partial charge in [-0.15, -0.1) is 17.9 Å². The summed E-state index contributed by atoms with van der Waals surface area (Å²) in [5, 5.41) is 4.05. The zero-order chi connectivity index (χ0) is 24.1. The first-order valence-electron chi connectivity index (χ1n) is 10.7. The van der Waals surface area contributed by atoms with Crippen LogP contribution in [0.2, 0.25) is 0 Å². The molecule has 2 aromatic heterocycles. The van der Waals surface area contributed by atoms with Crippen molar-refractivity contribution in [3.05, 3.63) is 88.7 Å². The molecule has 0 spiro atoms. The zero-order valence-electron chi connectivity index (χ0n) is 19.0. The van der Waals surface area contributed by atoms with Crippen LogP contribution in [0.5, 0.6) is 5.75 Å². The van der Waals surface area contributed by atoms with Gasteiger partial charge in [-0.1, -0.05) is 60.3 Å². The Morgan fingerprint density at radius 1 is 1.21 bits per heavy atom. The molecular formula is C26H25N3O3S2. The first-order chi connectivity index (χ1) is 16.5. The minimum atomic E-state index is -0.132. The van der Waals surface area contributed by atoms with Crippen LogP contribution < -0.4 is 15.6 Å². The van der Waals surface area contributed by atoms with Gasteiger partial charge in [0.25, 0.3) is 5.56 Å². The third-order valence-corrected chi connectivity index (χ3v) is 7.56. The second-order valence-electron chi connectivity index (χ2n) is 7.61. The van der Waals surface area contributed by atoms with Gasteiger partial charge in [-0.25, -0.2) is 4.98 Å². The molecule has 0 aliphatic heterocycles. The van der Waals surface area contributed by atoms with Crippen molar-refractivity contribution in [3.63, 3.8) is 0 Å². The van der Waals surface area contributed by atoms with E-state index in [0.29, 0.717) is 28.5 Å². The fraction of sp³-hybridized carbons (Fsp3) is 0.192. The summed E-state index contributed by atoms with van der Waals surface area (Å²) in [5.74, 6) is 0.792. The number of nitrogens with zero attached hydrogens (tertiary/aromatic N) is 2. The third kappa shape index (κ3) is 5.08. The first kappa shape index (κ1) is 23.8. The van der Waals surface area contributed by atoms with Crippen LogP contribution in [0, 0.1) is 6.92 Å². The highest BCUT2D eigenvalue weighted by molar-refractivity contribution is 7.99. The molecule has 1 N–H and O–H groups in total. The van der Waals surface area contributed by atoms with Gasteiger partial charge in [0.1, 0.15) is 10.6 Å². The smallest absolute Gasteiger partial charge is 0.263 e. The highest BCUT2D eigenvalue weighted by Crippen LogP contribution is 2.36. The number of fused-ring (bicyclic) bond motifs is 1. The van der Waals surface area contributed by atoms with Crippen LogP contribution in [-0.4, -0.2) is 28.3 Å². The summed E-state index contributed by atoms with van der Waals surface area (Å²) >= 11 is 2.76. The van der Waals surface area contributed by atoms with Gasteiger partial charge in [0.05, 0.1) is 18.2 Å². The van der Waals surface area contributed by atoms with E-state index in [1.807, 2.05) is 61.5 Å². The number of benzene rings is 2. The van der Waals surface area contributed by atoms with Crippen molar-refractivity contribution >= 4 is 39.2 Å². The van der Waals surface area contributed by atoms with Crippen molar-refractivity contribution in [2.24, 2.45) is 0 Å². The Bertz CT molecular complexity index is 1380. The first-order valence-corrected chi connectivity index (χ1v) is 12.5. The van der Waals surface area contributed by atoms with Crippen LogP contribution >= 0.6 is 23.1 Å². The molecule has 0 fully saturated rings. The van der Waals surface area contributed by atoms with Gasteiger partial charge < -0.3 is 10.1 Å². The zero-order valence-corrected chi connectivity index (χ0v) is 20.7. The number of aromatic nitrogens is 2. The molecule has 0 atom stereocenters. The number of carbonyl (C=O) groups excluding carboxylic acids is 1. The molecule has 174 valence electrons. The SMILES string of the molecule is C=CCn1c(SCC(=O)NCc2ccc(OC)cc2)nc2sc(-c3ccccc3)c(C)c2c1=O. The van der Waals surface area contributed by atoms with Crippen LogP contribution in [0.15, 0.2) is 77.2 Å². The van der Waals surface area contributed by atoms with Crippen LogP contribution in [0.1, 0.15) is 11.1 Å². The number of ether oxygens (including phenoxy) is 1. The molecule has 2 aromatic carbocycles. The average molecular weight is 492 g/mol. The molecule has 0 radical (unpaired) electrons. The Morgan fingerprint density at radius 3 is 2.62 bits per heavy atom. The number of carbonyl (C=O) groups is 1. The minimum Gasteiger partial charge on any atom is -0.497 e. The van der Waals surface area contributed by atoms with E-state index in [2.05, 4.69) is 11.9 Å². The molecule has 2 heterocycles. The number of allylic oxidation sites excluding steroid dienone is 1. The van der Waals surface area contributed by atoms with Crippen LogP contribution in [-0.2, 0) is 17.9 Å². The number of nitrogens with one attached hydrogen (secondary N) is 1. The van der Waals surface area contributed by atoms with Gasteiger partial charge in [-0.05, 0) is 35.7 Å². The molecule has 0 unspecified atom stereocenters. The number of hydrogen-bond acceptors (Lipinski definition) is 6. The monoisotopic (exact) mass is 491 g/mol. The van der Waals surface area contributed by atoms with Gasteiger partial charge in [0.15, 0.2) is 5.16 Å². The van der Waals surface area contributed by atoms with Gasteiger partial charge in [0.2, 0.25) is 5.91 Å². The topological polar surface area (TPSA) is 73.2 Å². The van der Waals surface area contributed by atoms with E-state index >= 15 is 0 Å². The van der Waals surface area contributed by atoms with Crippen molar-refractivity contribution < 1.29 is 9.53 Å². The molecule has 0 aliphatic carbocycles. The maximum Gasteiger partial charge on any atom is 0.263 e. The van der Waals surface area contributed by atoms with E-state index < -0.39 is 0 Å². The van der Waals surface area contributed by atoms with Crippen LogP contribution in [0.3, 0.4) is 0 Å². The maximum atomic E-state index is 13.4. The Morgan fingerprint density at radius 2 is 1.94 bits per heavy atom. The van der Waals surface area contributed by atoms with Crippen molar-refractivity contribution in [3.8, 4) is 16.2 Å². The molecule has 0 saturated heterocycles. The van der Waals surface area contributed by atoms with Crippen molar-refractivity contribution in [2.75, 3.05) is 12.9 Å². The highest BCUT2D eigenvalue weighted by Gasteiger charge is 2.19. The van der Waals surface area contributed by atoms with Gasteiger partial charge in [0, 0.05) is 18.0 Å². The largest absolute Gasteiger partial charge is 0.497 e. The van der Waals surface area contributed by atoms with E-state index in [-0.39, 0.29) is 17.2 Å². The van der Waals surface area contributed by atoms with E-state index in [1.165, 1.54) is 23.1 Å². The lowest BCUT2D eigenvalue weighted by Gasteiger charge is -2.10. The number of amides is 1. The molecular weight excluding hydrogens is 466 g/mol.